The fraction of sp³-hybridized carbons (Fsp3) is 0.343. The third-order valence-electron chi connectivity index (χ3n) is 8.36. The summed E-state index contributed by atoms with van der Waals surface area (Å²) in [7, 11) is 3.66. The van der Waals surface area contributed by atoms with Gasteiger partial charge in [0.15, 0.2) is 0 Å². The summed E-state index contributed by atoms with van der Waals surface area (Å²) >= 11 is 0. The highest BCUT2D eigenvalue weighted by Crippen LogP contribution is 2.30. The van der Waals surface area contributed by atoms with E-state index >= 15 is 0 Å². The Morgan fingerprint density at radius 3 is 2.53 bits per heavy atom. The predicted octanol–water partition coefficient (Wildman–Crippen LogP) is 4.67. The van der Waals surface area contributed by atoms with Crippen molar-refractivity contribution in [2.75, 3.05) is 37.4 Å². The lowest BCUT2D eigenvalue weighted by atomic mass is 10.0. The molecule has 1 aliphatic rings. The van der Waals surface area contributed by atoms with Gasteiger partial charge >= 0.3 is 6.03 Å². The molecular weight excluding hydrogens is 570 g/mol. The maximum absolute atomic E-state index is 13.6. The van der Waals surface area contributed by atoms with Gasteiger partial charge in [0.05, 0.1) is 32.0 Å². The van der Waals surface area contributed by atoms with Crippen molar-refractivity contribution in [3.05, 3.63) is 90.1 Å². The van der Waals surface area contributed by atoms with Crippen LogP contribution in [0.3, 0.4) is 0 Å². The maximum Gasteiger partial charge on any atom is 0.321 e. The van der Waals surface area contributed by atoms with Crippen LogP contribution >= 0.6 is 0 Å². The van der Waals surface area contributed by atoms with Crippen LogP contribution in [0.5, 0.6) is 5.75 Å². The number of anilines is 2. The molecule has 0 spiro atoms. The summed E-state index contributed by atoms with van der Waals surface area (Å²) in [5.74, 6) is 0.0292. The van der Waals surface area contributed by atoms with E-state index in [1.54, 1.807) is 35.0 Å². The minimum absolute atomic E-state index is 0.0382. The quantitative estimate of drug-likeness (QED) is 0.268. The van der Waals surface area contributed by atoms with Crippen molar-refractivity contribution in [3.8, 4) is 5.75 Å². The first kappa shape index (κ1) is 31.6. The third-order valence-corrected chi connectivity index (χ3v) is 8.36. The number of fused-ring (bicyclic) bond motifs is 2. The number of nitrogens with zero attached hydrogens (tertiary/aromatic N) is 3. The number of likely N-dealkylation sites (N-methyl/N-ethyl adjacent to an activating group) is 1. The third kappa shape index (κ3) is 7.46. The number of para-hydroxylation sites is 2. The fourth-order valence-electron chi connectivity index (χ4n) is 5.76. The van der Waals surface area contributed by atoms with Crippen molar-refractivity contribution in [3.63, 3.8) is 0 Å². The molecule has 45 heavy (non-hydrogen) atoms. The summed E-state index contributed by atoms with van der Waals surface area (Å²) in [5.41, 5.74) is 3.85. The zero-order valence-electron chi connectivity index (χ0n) is 26.2. The van der Waals surface area contributed by atoms with E-state index in [1.807, 2.05) is 86.3 Å². The molecule has 0 bridgehead atoms. The van der Waals surface area contributed by atoms with Gasteiger partial charge in [-0.1, -0.05) is 43.3 Å². The number of ether oxygens (including phenoxy) is 1. The number of carbonyl (C=O) groups excluding carboxylic acids is 3. The Kier molecular flexibility index (Phi) is 9.73. The Hall–Kier alpha value is -4.83. The summed E-state index contributed by atoms with van der Waals surface area (Å²) < 4.78 is 8.55. The van der Waals surface area contributed by atoms with Crippen LogP contribution in [-0.2, 0) is 29.5 Å². The monoisotopic (exact) mass is 611 g/mol. The Morgan fingerprint density at radius 2 is 1.78 bits per heavy atom. The summed E-state index contributed by atoms with van der Waals surface area (Å²) in [4.78, 5) is 42.9. The molecule has 10 nitrogen and oxygen atoms in total. The largest absolute Gasteiger partial charge is 0.488 e. The second-order valence-corrected chi connectivity index (χ2v) is 11.9. The second kappa shape index (κ2) is 13.9. The number of hydrogen-bond acceptors (Lipinski definition) is 5. The Labute approximate surface area is 263 Å². The van der Waals surface area contributed by atoms with Gasteiger partial charge in [0.1, 0.15) is 11.9 Å². The number of amides is 4. The van der Waals surface area contributed by atoms with E-state index in [4.69, 9.17) is 4.74 Å². The molecular formula is C35H41N5O5. The summed E-state index contributed by atoms with van der Waals surface area (Å²) in [6.45, 7) is 4.22. The minimum atomic E-state index is -0.457. The Morgan fingerprint density at radius 1 is 1.04 bits per heavy atom. The van der Waals surface area contributed by atoms with Crippen molar-refractivity contribution in [2.45, 2.75) is 38.8 Å². The van der Waals surface area contributed by atoms with E-state index in [-0.39, 0.29) is 49.8 Å². The molecule has 2 heterocycles. The number of urea groups is 1. The summed E-state index contributed by atoms with van der Waals surface area (Å²) in [6, 6.07) is 21.8. The van der Waals surface area contributed by atoms with E-state index in [0.717, 1.165) is 16.5 Å². The molecule has 0 radical (unpaired) electrons. The van der Waals surface area contributed by atoms with E-state index < -0.39 is 12.1 Å². The van der Waals surface area contributed by atoms with Gasteiger partial charge in [0, 0.05) is 60.6 Å². The first-order valence-electron chi connectivity index (χ1n) is 15.2. The summed E-state index contributed by atoms with van der Waals surface area (Å²) in [5, 5.41) is 16.9. The average Bonchev–Trinajstić information content (AvgIpc) is 3.36. The molecule has 4 amide bonds. The molecule has 1 aromatic heterocycles. The molecule has 0 unspecified atom stereocenters. The number of aliphatic hydroxyl groups excluding tert-OH is 1. The van der Waals surface area contributed by atoms with Crippen LogP contribution in [0, 0.1) is 5.92 Å². The van der Waals surface area contributed by atoms with Crippen LogP contribution in [0.4, 0.5) is 16.2 Å². The van der Waals surface area contributed by atoms with E-state index in [9.17, 15) is 19.5 Å². The second-order valence-electron chi connectivity index (χ2n) is 11.9. The molecule has 4 aromatic rings. The van der Waals surface area contributed by atoms with Crippen LogP contribution in [0.1, 0.15) is 25.0 Å². The average molecular weight is 612 g/mol. The van der Waals surface area contributed by atoms with Crippen LogP contribution in [0.2, 0.25) is 0 Å². The highest BCUT2D eigenvalue weighted by Gasteiger charge is 2.32. The van der Waals surface area contributed by atoms with Crippen molar-refractivity contribution in [2.24, 2.45) is 13.0 Å². The molecule has 3 aromatic carbocycles. The molecule has 1 aliphatic heterocycles. The zero-order valence-corrected chi connectivity index (χ0v) is 26.2. The molecule has 0 fully saturated rings. The van der Waals surface area contributed by atoms with E-state index in [2.05, 4.69) is 10.6 Å². The van der Waals surface area contributed by atoms with Crippen molar-refractivity contribution in [1.82, 2.24) is 14.4 Å². The summed E-state index contributed by atoms with van der Waals surface area (Å²) in [6.07, 6.45) is 1.75. The predicted molar refractivity (Wildman–Crippen MR) is 175 cm³/mol. The van der Waals surface area contributed by atoms with Crippen LogP contribution in [-0.4, -0.2) is 76.2 Å². The van der Waals surface area contributed by atoms with E-state index in [0.29, 0.717) is 29.2 Å². The number of aliphatic hydroxyl groups is 1. The Balaban J connectivity index is 1.36. The van der Waals surface area contributed by atoms with Crippen LogP contribution in [0.25, 0.3) is 10.9 Å². The lowest BCUT2D eigenvalue weighted by molar-refractivity contribution is -0.134. The number of aryl methyl sites for hydroxylation is 1. The molecule has 5 rings (SSSR count). The van der Waals surface area contributed by atoms with Gasteiger partial charge in [-0.3, -0.25) is 9.59 Å². The molecule has 3 N–H and O–H groups in total. The van der Waals surface area contributed by atoms with Gasteiger partial charge in [-0.25, -0.2) is 4.79 Å². The van der Waals surface area contributed by atoms with Gasteiger partial charge in [0.25, 0.3) is 0 Å². The number of aromatic nitrogens is 1. The highest BCUT2D eigenvalue weighted by molar-refractivity contribution is 5.96. The molecule has 10 heteroatoms. The van der Waals surface area contributed by atoms with Gasteiger partial charge in [-0.05, 0) is 48.9 Å². The molecule has 3 atom stereocenters. The number of nitrogens with one attached hydrogen (secondary N) is 2. The number of hydrogen-bond donors (Lipinski definition) is 3. The van der Waals surface area contributed by atoms with E-state index in [1.165, 1.54) is 0 Å². The fourth-order valence-corrected chi connectivity index (χ4v) is 5.76. The Bertz CT molecular complexity index is 1670. The lowest BCUT2D eigenvalue weighted by Gasteiger charge is -2.34. The molecule has 0 saturated carbocycles. The van der Waals surface area contributed by atoms with Gasteiger partial charge < -0.3 is 34.8 Å². The van der Waals surface area contributed by atoms with Crippen LogP contribution < -0.4 is 15.4 Å². The molecule has 0 aliphatic carbocycles. The number of rotatable bonds is 8. The first-order chi connectivity index (χ1) is 21.6. The van der Waals surface area contributed by atoms with Crippen molar-refractivity contribution < 1.29 is 24.2 Å². The minimum Gasteiger partial charge on any atom is -0.488 e. The topological polar surface area (TPSA) is 116 Å². The van der Waals surface area contributed by atoms with Crippen LogP contribution in [0.15, 0.2) is 79.0 Å². The number of benzene rings is 3. The zero-order chi connectivity index (χ0) is 32.1. The first-order valence-corrected chi connectivity index (χ1v) is 15.2. The highest BCUT2D eigenvalue weighted by atomic mass is 16.5. The standard InChI is InChI=1S/C35H41N5O5/c1-23-19-40(24(2)22-41)34(43)18-25-16-28(36-33(42)17-26-20-38(3)30-13-9-8-12-29(26)30)14-15-31(25)45-32(23)21-39(4)35(44)37-27-10-6-5-7-11-27/h5-16,20,23-24,32,41H,17-19,21-22H2,1-4H3,(H,36,42)(H,37,44)/t23-,24-,32+/m0/s1. The van der Waals surface area contributed by atoms with Gasteiger partial charge in [-0.2, -0.15) is 0 Å². The normalized spacial score (nSPS) is 17.4. The van der Waals surface area contributed by atoms with Crippen molar-refractivity contribution >= 4 is 40.1 Å². The smallest absolute Gasteiger partial charge is 0.321 e. The molecule has 0 saturated heterocycles. The van der Waals surface area contributed by atoms with Gasteiger partial charge in [-0.15, -0.1) is 0 Å². The maximum atomic E-state index is 13.6. The van der Waals surface area contributed by atoms with Crippen molar-refractivity contribution in [1.29, 1.82) is 0 Å². The van der Waals surface area contributed by atoms with Gasteiger partial charge in [0.2, 0.25) is 11.8 Å². The lowest BCUT2D eigenvalue weighted by Crippen LogP contribution is -2.48. The number of carbonyl (C=O) groups is 3. The molecule has 236 valence electrons. The SMILES string of the molecule is C[C@H]1CN([C@@H](C)CO)C(=O)Cc2cc(NC(=O)Cc3cn(C)c4ccccc34)ccc2O[C@@H]1CN(C)C(=O)Nc1ccccc1.